The second-order valence-corrected chi connectivity index (χ2v) is 4.47. The Balaban J connectivity index is 1.77. The van der Waals surface area contributed by atoms with Gasteiger partial charge < -0.3 is 10.3 Å². The lowest BCUT2D eigenvalue weighted by Gasteiger charge is -2.06. The van der Waals surface area contributed by atoms with E-state index in [2.05, 4.69) is 10.3 Å². The molecular weight excluding hydrogens is 248 g/mol. The van der Waals surface area contributed by atoms with E-state index in [0.717, 1.165) is 17.7 Å². The topological polar surface area (TPSA) is 44.9 Å². The van der Waals surface area contributed by atoms with Crippen molar-refractivity contribution in [1.29, 1.82) is 0 Å². The Kier molecular flexibility index (Phi) is 4.42. The molecule has 0 saturated carbocycles. The van der Waals surface area contributed by atoms with Crippen molar-refractivity contribution in [2.24, 2.45) is 0 Å². The summed E-state index contributed by atoms with van der Waals surface area (Å²) in [6.07, 6.45) is 3.06. The number of nitrogens with one attached hydrogen (secondary N) is 2. The molecule has 0 radical (unpaired) electrons. The highest BCUT2D eigenvalue weighted by Gasteiger charge is 2.04. The summed E-state index contributed by atoms with van der Waals surface area (Å²) in [6.45, 7) is 0.475. The number of carbonyl (C=O) groups is 1. The predicted octanol–water partition coefficient (Wildman–Crippen LogP) is 2.92. The molecule has 0 aliphatic carbocycles. The lowest BCUT2D eigenvalue weighted by molar-refractivity contribution is -0.121. The lowest BCUT2D eigenvalue weighted by atomic mass is 10.2. The molecule has 1 aromatic carbocycles. The molecule has 0 spiro atoms. The Hall–Kier alpha value is -1.74. The van der Waals surface area contributed by atoms with Crippen molar-refractivity contribution in [1.82, 2.24) is 10.3 Å². The third-order valence-electron chi connectivity index (χ3n) is 2.72. The summed E-state index contributed by atoms with van der Waals surface area (Å²) in [7, 11) is 0. The van der Waals surface area contributed by atoms with E-state index in [1.165, 1.54) is 0 Å². The van der Waals surface area contributed by atoms with E-state index in [9.17, 15) is 4.79 Å². The zero-order valence-corrected chi connectivity index (χ0v) is 10.7. The van der Waals surface area contributed by atoms with Crippen LogP contribution in [-0.2, 0) is 17.8 Å². The maximum atomic E-state index is 11.7. The summed E-state index contributed by atoms with van der Waals surface area (Å²) in [5, 5.41) is 3.55. The van der Waals surface area contributed by atoms with Crippen LogP contribution >= 0.6 is 11.6 Å². The van der Waals surface area contributed by atoms with E-state index in [1.807, 2.05) is 42.6 Å². The van der Waals surface area contributed by atoms with Crippen LogP contribution in [0.5, 0.6) is 0 Å². The van der Waals surface area contributed by atoms with Gasteiger partial charge in [-0.05, 0) is 30.2 Å². The average molecular weight is 263 g/mol. The molecule has 0 atom stereocenters. The molecule has 1 heterocycles. The summed E-state index contributed by atoms with van der Waals surface area (Å²) >= 11 is 6.01. The van der Waals surface area contributed by atoms with Gasteiger partial charge in [0.2, 0.25) is 5.91 Å². The lowest BCUT2D eigenvalue weighted by Crippen LogP contribution is -2.23. The molecule has 0 aliphatic rings. The minimum Gasteiger partial charge on any atom is -0.365 e. The summed E-state index contributed by atoms with van der Waals surface area (Å²) in [5.41, 5.74) is 2.01. The molecule has 2 rings (SSSR count). The second kappa shape index (κ2) is 6.26. The Labute approximate surface area is 111 Å². The number of halogens is 1. The first kappa shape index (κ1) is 12.7. The van der Waals surface area contributed by atoms with Gasteiger partial charge in [-0.1, -0.05) is 29.8 Å². The van der Waals surface area contributed by atoms with Gasteiger partial charge in [0.05, 0.1) is 0 Å². The first-order valence-electron chi connectivity index (χ1n) is 5.88. The Bertz CT molecular complexity index is 508. The predicted molar refractivity (Wildman–Crippen MR) is 72.4 cm³/mol. The van der Waals surface area contributed by atoms with Crippen molar-refractivity contribution in [3.63, 3.8) is 0 Å². The second-order valence-electron chi connectivity index (χ2n) is 4.06. The SMILES string of the molecule is O=C(CCc1ccc[nH]1)NCc1ccccc1Cl. The molecule has 0 saturated heterocycles. The van der Waals surface area contributed by atoms with Crippen LogP contribution in [0.25, 0.3) is 0 Å². The number of aryl methyl sites for hydroxylation is 1. The number of H-pyrrole nitrogens is 1. The van der Waals surface area contributed by atoms with Gasteiger partial charge in [-0.25, -0.2) is 0 Å². The highest BCUT2D eigenvalue weighted by molar-refractivity contribution is 6.31. The molecule has 18 heavy (non-hydrogen) atoms. The zero-order valence-electron chi connectivity index (χ0n) is 9.95. The van der Waals surface area contributed by atoms with Crippen LogP contribution in [0.4, 0.5) is 0 Å². The smallest absolute Gasteiger partial charge is 0.220 e. The fraction of sp³-hybridized carbons (Fsp3) is 0.214. The van der Waals surface area contributed by atoms with Gasteiger partial charge in [-0.3, -0.25) is 4.79 Å². The van der Waals surface area contributed by atoms with Crippen LogP contribution in [0.1, 0.15) is 17.7 Å². The van der Waals surface area contributed by atoms with Crippen molar-refractivity contribution >= 4 is 17.5 Å². The number of hydrogen-bond donors (Lipinski definition) is 2. The average Bonchev–Trinajstić information content (AvgIpc) is 2.88. The van der Waals surface area contributed by atoms with E-state index in [-0.39, 0.29) is 5.91 Å². The normalized spacial score (nSPS) is 10.3. The van der Waals surface area contributed by atoms with Gasteiger partial charge >= 0.3 is 0 Å². The Morgan fingerprint density at radius 2 is 2.06 bits per heavy atom. The van der Waals surface area contributed by atoms with Crippen molar-refractivity contribution in [2.75, 3.05) is 0 Å². The van der Waals surface area contributed by atoms with E-state index in [4.69, 9.17) is 11.6 Å². The van der Waals surface area contributed by atoms with Crippen molar-refractivity contribution in [3.05, 3.63) is 58.9 Å². The fourth-order valence-electron chi connectivity index (χ4n) is 1.70. The summed E-state index contributed by atoms with van der Waals surface area (Å²) < 4.78 is 0. The van der Waals surface area contributed by atoms with E-state index in [0.29, 0.717) is 18.0 Å². The maximum absolute atomic E-state index is 11.7. The molecule has 0 bridgehead atoms. The number of rotatable bonds is 5. The Morgan fingerprint density at radius 3 is 2.78 bits per heavy atom. The van der Waals surface area contributed by atoms with Crippen LogP contribution in [0.2, 0.25) is 5.02 Å². The zero-order chi connectivity index (χ0) is 12.8. The molecule has 0 unspecified atom stereocenters. The summed E-state index contributed by atoms with van der Waals surface area (Å²) in [6, 6.07) is 11.4. The number of hydrogen-bond acceptors (Lipinski definition) is 1. The molecule has 94 valence electrons. The van der Waals surface area contributed by atoms with Gasteiger partial charge in [0.25, 0.3) is 0 Å². The minimum atomic E-state index is 0.0320. The van der Waals surface area contributed by atoms with E-state index >= 15 is 0 Å². The van der Waals surface area contributed by atoms with Crippen molar-refractivity contribution < 1.29 is 4.79 Å². The van der Waals surface area contributed by atoms with Crippen LogP contribution in [0.15, 0.2) is 42.6 Å². The minimum absolute atomic E-state index is 0.0320. The van der Waals surface area contributed by atoms with Gasteiger partial charge in [-0.2, -0.15) is 0 Å². The molecule has 1 amide bonds. The summed E-state index contributed by atoms with van der Waals surface area (Å²) in [4.78, 5) is 14.7. The van der Waals surface area contributed by atoms with Crippen LogP contribution in [0, 0.1) is 0 Å². The standard InChI is InChI=1S/C14H15ClN2O/c15-13-6-2-1-4-11(13)10-17-14(18)8-7-12-5-3-9-16-12/h1-6,9,16H,7-8,10H2,(H,17,18). The number of carbonyl (C=O) groups excluding carboxylic acids is 1. The number of amides is 1. The molecular formula is C14H15ClN2O. The van der Waals surface area contributed by atoms with Gasteiger partial charge in [0.15, 0.2) is 0 Å². The molecule has 4 heteroatoms. The molecule has 0 aliphatic heterocycles. The fourth-order valence-corrected chi connectivity index (χ4v) is 1.90. The van der Waals surface area contributed by atoms with Crippen LogP contribution in [-0.4, -0.2) is 10.9 Å². The number of aromatic nitrogens is 1. The first-order chi connectivity index (χ1) is 8.75. The number of aromatic amines is 1. The molecule has 3 nitrogen and oxygen atoms in total. The molecule has 2 N–H and O–H groups in total. The molecule has 0 fully saturated rings. The van der Waals surface area contributed by atoms with Gasteiger partial charge in [-0.15, -0.1) is 0 Å². The van der Waals surface area contributed by atoms with E-state index < -0.39 is 0 Å². The third kappa shape index (κ3) is 3.64. The highest BCUT2D eigenvalue weighted by Crippen LogP contribution is 2.14. The highest BCUT2D eigenvalue weighted by atomic mass is 35.5. The largest absolute Gasteiger partial charge is 0.365 e. The number of benzene rings is 1. The van der Waals surface area contributed by atoms with Crippen molar-refractivity contribution in [2.45, 2.75) is 19.4 Å². The monoisotopic (exact) mass is 262 g/mol. The van der Waals surface area contributed by atoms with Crippen LogP contribution < -0.4 is 5.32 Å². The molecule has 1 aromatic heterocycles. The molecule has 2 aromatic rings. The maximum Gasteiger partial charge on any atom is 0.220 e. The quantitative estimate of drug-likeness (QED) is 0.855. The van der Waals surface area contributed by atoms with Crippen molar-refractivity contribution in [3.8, 4) is 0 Å². The van der Waals surface area contributed by atoms with Crippen LogP contribution in [0.3, 0.4) is 0 Å². The van der Waals surface area contributed by atoms with Gasteiger partial charge in [0.1, 0.15) is 0 Å². The van der Waals surface area contributed by atoms with Gasteiger partial charge in [0, 0.05) is 29.9 Å². The first-order valence-corrected chi connectivity index (χ1v) is 6.26. The Morgan fingerprint density at radius 1 is 1.22 bits per heavy atom. The summed E-state index contributed by atoms with van der Waals surface area (Å²) in [5.74, 6) is 0.0320. The third-order valence-corrected chi connectivity index (χ3v) is 3.09. The van der Waals surface area contributed by atoms with E-state index in [1.54, 1.807) is 0 Å².